The van der Waals surface area contributed by atoms with Gasteiger partial charge in [-0.1, -0.05) is 24.3 Å². The minimum Gasteiger partial charge on any atom is -0.497 e. The predicted octanol–water partition coefficient (Wildman–Crippen LogP) is 4.07. The molecular formula is C21H21N3O2. The fraction of sp³-hybridized carbons (Fsp3) is 0.143. The van der Waals surface area contributed by atoms with Gasteiger partial charge in [0.1, 0.15) is 11.4 Å². The van der Waals surface area contributed by atoms with Gasteiger partial charge in [-0.3, -0.25) is 9.78 Å². The number of carbonyl (C=O) groups excluding carboxylic acids is 1. The Morgan fingerprint density at radius 2 is 1.81 bits per heavy atom. The normalized spacial score (nSPS) is 10.2. The maximum atomic E-state index is 12.4. The van der Waals surface area contributed by atoms with Gasteiger partial charge in [-0.05, 0) is 54.4 Å². The Bertz CT molecular complexity index is 892. The smallest absolute Gasteiger partial charge is 0.270 e. The van der Waals surface area contributed by atoms with Crippen LogP contribution in [-0.4, -0.2) is 18.0 Å². The van der Waals surface area contributed by atoms with Crippen molar-refractivity contribution in [1.82, 2.24) is 10.3 Å². The lowest BCUT2D eigenvalue weighted by atomic mass is 10.1. The maximum absolute atomic E-state index is 12.4. The second-order valence-electron chi connectivity index (χ2n) is 5.89. The third-order valence-corrected chi connectivity index (χ3v) is 4.07. The van der Waals surface area contributed by atoms with Gasteiger partial charge in [0.2, 0.25) is 0 Å². The zero-order chi connectivity index (χ0) is 18.4. The molecule has 0 atom stereocenters. The average Bonchev–Trinajstić information content (AvgIpc) is 2.68. The summed E-state index contributed by atoms with van der Waals surface area (Å²) in [5.41, 5.74) is 4.32. The van der Waals surface area contributed by atoms with Crippen LogP contribution in [0.1, 0.15) is 21.6 Å². The van der Waals surface area contributed by atoms with E-state index in [2.05, 4.69) is 15.6 Å². The number of aryl methyl sites for hydroxylation is 1. The predicted molar refractivity (Wildman–Crippen MR) is 103 cm³/mol. The van der Waals surface area contributed by atoms with Crippen LogP contribution < -0.4 is 15.4 Å². The molecule has 0 saturated heterocycles. The monoisotopic (exact) mass is 347 g/mol. The number of pyridine rings is 1. The molecule has 5 nitrogen and oxygen atoms in total. The van der Waals surface area contributed by atoms with Crippen LogP contribution in [0.4, 0.5) is 11.4 Å². The second kappa shape index (κ2) is 8.16. The van der Waals surface area contributed by atoms with Crippen molar-refractivity contribution >= 4 is 17.3 Å². The third-order valence-electron chi connectivity index (χ3n) is 4.07. The number of nitrogens with zero attached hydrogens (tertiary/aromatic N) is 1. The van der Waals surface area contributed by atoms with E-state index in [9.17, 15) is 4.79 Å². The first-order valence-corrected chi connectivity index (χ1v) is 8.35. The number of hydrogen-bond donors (Lipinski definition) is 2. The van der Waals surface area contributed by atoms with E-state index in [-0.39, 0.29) is 5.91 Å². The van der Waals surface area contributed by atoms with Crippen LogP contribution in [0.15, 0.2) is 66.9 Å². The Morgan fingerprint density at radius 1 is 1.04 bits per heavy atom. The third kappa shape index (κ3) is 4.39. The zero-order valence-electron chi connectivity index (χ0n) is 14.8. The van der Waals surface area contributed by atoms with Crippen LogP contribution in [0.25, 0.3) is 0 Å². The first kappa shape index (κ1) is 17.5. The molecule has 0 aliphatic carbocycles. The molecule has 0 aliphatic rings. The molecule has 0 aliphatic heterocycles. The van der Waals surface area contributed by atoms with E-state index in [0.29, 0.717) is 12.2 Å². The van der Waals surface area contributed by atoms with Crippen molar-refractivity contribution in [2.45, 2.75) is 13.5 Å². The molecule has 1 aromatic heterocycles. The van der Waals surface area contributed by atoms with Gasteiger partial charge >= 0.3 is 0 Å². The summed E-state index contributed by atoms with van der Waals surface area (Å²) in [6, 6.07) is 19.1. The van der Waals surface area contributed by atoms with Crippen LogP contribution >= 0.6 is 0 Å². The summed E-state index contributed by atoms with van der Waals surface area (Å²) in [5.74, 6) is 0.591. The Kier molecular flexibility index (Phi) is 5.49. The summed E-state index contributed by atoms with van der Waals surface area (Å²) in [5, 5.41) is 6.17. The Hall–Kier alpha value is -3.34. The standard InChI is InChI=1S/C21H21N3O2/c1-15-5-3-4-6-16(15)14-23-21(25)20-13-18(11-12-22-20)24-17-7-9-19(26-2)10-8-17/h3-13H,14H2,1-2H3,(H,22,24)(H,23,25). The minimum absolute atomic E-state index is 0.202. The van der Waals surface area contributed by atoms with Gasteiger partial charge in [0.25, 0.3) is 5.91 Å². The van der Waals surface area contributed by atoms with Crippen molar-refractivity contribution < 1.29 is 9.53 Å². The molecule has 0 bridgehead atoms. The van der Waals surface area contributed by atoms with Crippen molar-refractivity contribution in [3.05, 3.63) is 83.7 Å². The van der Waals surface area contributed by atoms with Gasteiger partial charge in [-0.2, -0.15) is 0 Å². The van der Waals surface area contributed by atoms with Crippen LogP contribution in [-0.2, 0) is 6.54 Å². The molecule has 0 spiro atoms. The van der Waals surface area contributed by atoms with Gasteiger partial charge < -0.3 is 15.4 Å². The van der Waals surface area contributed by atoms with Gasteiger partial charge in [0.15, 0.2) is 0 Å². The first-order chi connectivity index (χ1) is 12.7. The molecule has 0 saturated carbocycles. The van der Waals surface area contributed by atoms with Crippen molar-refractivity contribution in [3.8, 4) is 5.75 Å². The molecule has 3 aromatic rings. The Morgan fingerprint density at radius 3 is 2.54 bits per heavy atom. The summed E-state index contributed by atoms with van der Waals surface area (Å²) < 4.78 is 5.15. The molecule has 0 fully saturated rings. The number of amides is 1. The molecule has 0 radical (unpaired) electrons. The first-order valence-electron chi connectivity index (χ1n) is 8.35. The fourth-order valence-corrected chi connectivity index (χ4v) is 2.55. The number of carbonyl (C=O) groups is 1. The topological polar surface area (TPSA) is 63.2 Å². The zero-order valence-corrected chi connectivity index (χ0v) is 14.8. The van der Waals surface area contributed by atoms with Gasteiger partial charge in [0, 0.05) is 24.1 Å². The number of nitrogens with one attached hydrogen (secondary N) is 2. The quantitative estimate of drug-likeness (QED) is 0.705. The van der Waals surface area contributed by atoms with Crippen LogP contribution in [0.3, 0.4) is 0 Å². The summed E-state index contributed by atoms with van der Waals surface area (Å²) in [7, 11) is 1.63. The second-order valence-corrected chi connectivity index (χ2v) is 5.89. The summed E-state index contributed by atoms with van der Waals surface area (Å²) in [6.07, 6.45) is 1.62. The lowest BCUT2D eigenvalue weighted by Gasteiger charge is -2.10. The highest BCUT2D eigenvalue weighted by Gasteiger charge is 2.08. The number of hydrogen-bond acceptors (Lipinski definition) is 4. The van der Waals surface area contributed by atoms with E-state index >= 15 is 0 Å². The van der Waals surface area contributed by atoms with Crippen molar-refractivity contribution in [3.63, 3.8) is 0 Å². The molecular weight excluding hydrogens is 326 g/mol. The lowest BCUT2D eigenvalue weighted by Crippen LogP contribution is -2.24. The van der Waals surface area contributed by atoms with Crippen LogP contribution in [0.5, 0.6) is 5.75 Å². The van der Waals surface area contributed by atoms with Gasteiger partial charge in [0.05, 0.1) is 7.11 Å². The molecule has 1 heterocycles. The van der Waals surface area contributed by atoms with Gasteiger partial charge in [-0.15, -0.1) is 0 Å². The largest absolute Gasteiger partial charge is 0.497 e. The van der Waals surface area contributed by atoms with Crippen molar-refractivity contribution in [1.29, 1.82) is 0 Å². The minimum atomic E-state index is -0.202. The highest BCUT2D eigenvalue weighted by atomic mass is 16.5. The van der Waals surface area contributed by atoms with Crippen LogP contribution in [0.2, 0.25) is 0 Å². The molecule has 26 heavy (non-hydrogen) atoms. The molecule has 0 unspecified atom stereocenters. The number of rotatable bonds is 6. The maximum Gasteiger partial charge on any atom is 0.270 e. The van der Waals surface area contributed by atoms with Crippen molar-refractivity contribution in [2.24, 2.45) is 0 Å². The number of aromatic nitrogens is 1. The van der Waals surface area contributed by atoms with E-state index in [1.165, 1.54) is 0 Å². The Balaban J connectivity index is 1.66. The summed E-state index contributed by atoms with van der Waals surface area (Å²) in [4.78, 5) is 16.6. The summed E-state index contributed by atoms with van der Waals surface area (Å²) >= 11 is 0. The van der Waals surface area contributed by atoms with Crippen LogP contribution in [0, 0.1) is 6.92 Å². The molecule has 5 heteroatoms. The van der Waals surface area contributed by atoms with E-state index in [1.54, 1.807) is 19.4 Å². The highest BCUT2D eigenvalue weighted by Crippen LogP contribution is 2.20. The summed E-state index contributed by atoms with van der Waals surface area (Å²) in [6.45, 7) is 2.50. The van der Waals surface area contributed by atoms with E-state index in [4.69, 9.17) is 4.74 Å². The molecule has 132 valence electrons. The number of methoxy groups -OCH3 is 1. The van der Waals surface area contributed by atoms with Crippen molar-refractivity contribution in [2.75, 3.05) is 12.4 Å². The SMILES string of the molecule is COc1ccc(Nc2ccnc(C(=O)NCc3ccccc3C)c2)cc1. The lowest BCUT2D eigenvalue weighted by molar-refractivity contribution is 0.0946. The van der Waals surface area contributed by atoms with E-state index in [0.717, 1.165) is 28.3 Å². The number of ether oxygens (including phenoxy) is 1. The number of anilines is 2. The molecule has 2 N–H and O–H groups in total. The average molecular weight is 347 g/mol. The molecule has 3 rings (SSSR count). The number of benzene rings is 2. The molecule has 2 aromatic carbocycles. The fourth-order valence-electron chi connectivity index (χ4n) is 2.55. The highest BCUT2D eigenvalue weighted by molar-refractivity contribution is 5.93. The van der Waals surface area contributed by atoms with Gasteiger partial charge in [-0.25, -0.2) is 0 Å². The Labute approximate surface area is 153 Å². The van der Waals surface area contributed by atoms with E-state index in [1.807, 2.05) is 61.5 Å². The van der Waals surface area contributed by atoms with E-state index < -0.39 is 0 Å². The molecule has 1 amide bonds.